The molecule has 1 aliphatic heterocycles. The van der Waals surface area contributed by atoms with E-state index in [1.807, 2.05) is 63.2 Å². The second-order valence-electron chi connectivity index (χ2n) is 8.62. The molecule has 1 aromatic heterocycles. The largest absolute Gasteiger partial charge is 0.419 e. The zero-order chi connectivity index (χ0) is 22.7. The van der Waals surface area contributed by atoms with Crippen LogP contribution in [0.1, 0.15) is 35.5 Å². The highest BCUT2D eigenvalue weighted by atomic mass is 16.4. The van der Waals surface area contributed by atoms with E-state index in [0.29, 0.717) is 18.3 Å². The molecule has 0 saturated carbocycles. The summed E-state index contributed by atoms with van der Waals surface area (Å²) in [5.74, 6) is 1.21. The summed E-state index contributed by atoms with van der Waals surface area (Å²) >= 11 is 0. The first kappa shape index (κ1) is 22.2. The Kier molecular flexibility index (Phi) is 6.67. The Morgan fingerprint density at radius 2 is 1.72 bits per heavy atom. The first-order chi connectivity index (χ1) is 15.4. The number of aromatic nitrogens is 2. The van der Waals surface area contributed by atoms with E-state index in [-0.39, 0.29) is 11.9 Å². The fourth-order valence-corrected chi connectivity index (χ4v) is 4.16. The van der Waals surface area contributed by atoms with Gasteiger partial charge < -0.3 is 9.73 Å². The van der Waals surface area contributed by atoms with Crippen LogP contribution in [0.15, 0.2) is 46.9 Å². The van der Waals surface area contributed by atoms with Gasteiger partial charge in [0.15, 0.2) is 0 Å². The summed E-state index contributed by atoms with van der Waals surface area (Å²) < 4.78 is 5.98. The summed E-state index contributed by atoms with van der Waals surface area (Å²) in [6.45, 7) is 11.9. The number of amides is 1. The number of para-hydroxylation sites is 1. The van der Waals surface area contributed by atoms with Gasteiger partial charge in [-0.15, -0.1) is 10.2 Å². The minimum atomic E-state index is 0.0311. The minimum Gasteiger partial charge on any atom is -0.419 e. The number of benzene rings is 2. The van der Waals surface area contributed by atoms with E-state index in [1.54, 1.807) is 0 Å². The Hall–Kier alpha value is -3.03. The number of nitrogens with one attached hydrogen (secondary N) is 1. The lowest BCUT2D eigenvalue weighted by atomic mass is 10.1. The topological polar surface area (TPSA) is 74.5 Å². The van der Waals surface area contributed by atoms with Crippen molar-refractivity contribution >= 4 is 11.6 Å². The molecule has 2 aromatic carbocycles. The molecule has 1 amide bonds. The van der Waals surface area contributed by atoms with Crippen molar-refractivity contribution in [3.05, 3.63) is 65.0 Å². The van der Waals surface area contributed by atoms with Crippen LogP contribution in [-0.2, 0) is 4.79 Å². The quantitative estimate of drug-likeness (QED) is 0.634. The number of aryl methyl sites for hydroxylation is 3. The van der Waals surface area contributed by atoms with Crippen LogP contribution >= 0.6 is 0 Å². The van der Waals surface area contributed by atoms with Gasteiger partial charge in [0, 0.05) is 37.4 Å². The Morgan fingerprint density at radius 1 is 1.03 bits per heavy atom. The van der Waals surface area contributed by atoms with E-state index in [2.05, 4.69) is 32.2 Å². The average molecular weight is 434 g/mol. The second kappa shape index (κ2) is 9.63. The van der Waals surface area contributed by atoms with Crippen molar-refractivity contribution in [1.29, 1.82) is 0 Å². The molecule has 2 heterocycles. The summed E-state index contributed by atoms with van der Waals surface area (Å²) in [5.41, 5.74) is 5.19. The molecule has 1 aliphatic rings. The van der Waals surface area contributed by atoms with Crippen molar-refractivity contribution < 1.29 is 9.21 Å². The number of hydrogen-bond donors (Lipinski definition) is 1. The summed E-state index contributed by atoms with van der Waals surface area (Å²) in [4.78, 5) is 17.1. The summed E-state index contributed by atoms with van der Waals surface area (Å²) in [5, 5.41) is 11.6. The van der Waals surface area contributed by atoms with Crippen LogP contribution in [0.2, 0.25) is 0 Å². The van der Waals surface area contributed by atoms with Gasteiger partial charge >= 0.3 is 0 Å². The van der Waals surface area contributed by atoms with Crippen LogP contribution in [-0.4, -0.2) is 58.6 Å². The maximum absolute atomic E-state index is 12.6. The van der Waals surface area contributed by atoms with Gasteiger partial charge in [-0.05, 0) is 51.0 Å². The molecule has 3 aromatic rings. The molecule has 168 valence electrons. The predicted octanol–water partition coefficient (Wildman–Crippen LogP) is 3.98. The number of rotatable bonds is 6. The molecule has 4 rings (SSSR count). The first-order valence-electron chi connectivity index (χ1n) is 11.1. The van der Waals surface area contributed by atoms with Gasteiger partial charge in [0.05, 0.1) is 12.6 Å². The van der Waals surface area contributed by atoms with Crippen molar-refractivity contribution in [3.63, 3.8) is 0 Å². The van der Waals surface area contributed by atoms with Crippen molar-refractivity contribution in [1.82, 2.24) is 20.0 Å². The lowest BCUT2D eigenvalue weighted by Gasteiger charge is -2.36. The highest BCUT2D eigenvalue weighted by Gasteiger charge is 2.26. The molecule has 0 bridgehead atoms. The van der Waals surface area contributed by atoms with Gasteiger partial charge in [-0.2, -0.15) is 0 Å². The standard InChI is InChI=1S/C25H31N5O2/c1-17-7-5-10-21(15-17)25-28-27-24(32-25)20(4)30-13-11-29(12-14-30)16-22(31)26-23-18(2)8-6-9-19(23)3/h5-10,15,20H,11-14,16H2,1-4H3,(H,26,31). The van der Waals surface area contributed by atoms with Crippen molar-refractivity contribution in [3.8, 4) is 11.5 Å². The van der Waals surface area contributed by atoms with Crippen LogP contribution in [0.3, 0.4) is 0 Å². The monoisotopic (exact) mass is 433 g/mol. The Morgan fingerprint density at radius 3 is 2.41 bits per heavy atom. The van der Waals surface area contributed by atoms with Gasteiger partial charge in [-0.1, -0.05) is 35.9 Å². The molecule has 0 radical (unpaired) electrons. The van der Waals surface area contributed by atoms with Gasteiger partial charge in [-0.25, -0.2) is 0 Å². The van der Waals surface area contributed by atoms with Gasteiger partial charge in [0.1, 0.15) is 0 Å². The Labute approximate surface area is 189 Å². The van der Waals surface area contributed by atoms with E-state index in [9.17, 15) is 4.79 Å². The third-order valence-electron chi connectivity index (χ3n) is 6.13. The van der Waals surface area contributed by atoms with Crippen molar-refractivity contribution in [2.75, 3.05) is 38.0 Å². The predicted molar refractivity (Wildman–Crippen MR) is 125 cm³/mol. The summed E-state index contributed by atoms with van der Waals surface area (Å²) in [7, 11) is 0. The molecule has 7 nitrogen and oxygen atoms in total. The van der Waals surface area contributed by atoms with E-state index in [1.165, 1.54) is 0 Å². The molecule has 1 N–H and O–H groups in total. The zero-order valence-electron chi connectivity index (χ0n) is 19.3. The van der Waals surface area contributed by atoms with E-state index in [0.717, 1.165) is 54.1 Å². The average Bonchev–Trinajstić information content (AvgIpc) is 3.27. The molecule has 1 atom stereocenters. The molecular weight excluding hydrogens is 402 g/mol. The smallest absolute Gasteiger partial charge is 0.247 e. The van der Waals surface area contributed by atoms with Crippen molar-refractivity contribution in [2.45, 2.75) is 33.7 Å². The highest BCUT2D eigenvalue weighted by molar-refractivity contribution is 5.93. The minimum absolute atomic E-state index is 0.0311. The third kappa shape index (κ3) is 5.06. The van der Waals surface area contributed by atoms with Gasteiger partial charge in [-0.3, -0.25) is 14.6 Å². The summed E-state index contributed by atoms with van der Waals surface area (Å²) in [6, 6.07) is 14.1. The van der Waals surface area contributed by atoms with E-state index in [4.69, 9.17) is 4.42 Å². The maximum atomic E-state index is 12.6. The Balaban J connectivity index is 1.30. The Bertz CT molecular complexity index is 1070. The normalized spacial score (nSPS) is 16.1. The van der Waals surface area contributed by atoms with Crippen LogP contribution in [0.5, 0.6) is 0 Å². The van der Waals surface area contributed by atoms with E-state index < -0.39 is 0 Å². The SMILES string of the molecule is Cc1cccc(-c2nnc(C(C)N3CCN(CC(=O)Nc4c(C)cccc4C)CC3)o2)c1. The number of carbonyl (C=O) groups is 1. The number of carbonyl (C=O) groups excluding carboxylic acids is 1. The first-order valence-corrected chi connectivity index (χ1v) is 11.1. The maximum Gasteiger partial charge on any atom is 0.247 e. The third-order valence-corrected chi connectivity index (χ3v) is 6.13. The fraction of sp³-hybridized carbons (Fsp3) is 0.400. The molecule has 0 spiro atoms. The zero-order valence-corrected chi connectivity index (χ0v) is 19.3. The van der Waals surface area contributed by atoms with Gasteiger partial charge in [0.2, 0.25) is 17.7 Å². The van der Waals surface area contributed by atoms with Gasteiger partial charge in [0.25, 0.3) is 0 Å². The molecule has 1 fully saturated rings. The number of anilines is 1. The van der Waals surface area contributed by atoms with Crippen molar-refractivity contribution in [2.24, 2.45) is 0 Å². The summed E-state index contributed by atoms with van der Waals surface area (Å²) in [6.07, 6.45) is 0. The van der Waals surface area contributed by atoms with Crippen LogP contribution in [0.25, 0.3) is 11.5 Å². The second-order valence-corrected chi connectivity index (χ2v) is 8.62. The number of hydrogen-bond acceptors (Lipinski definition) is 6. The molecule has 32 heavy (non-hydrogen) atoms. The van der Waals surface area contributed by atoms with E-state index >= 15 is 0 Å². The molecule has 7 heteroatoms. The molecule has 1 unspecified atom stereocenters. The number of piperazine rings is 1. The fourth-order valence-electron chi connectivity index (χ4n) is 4.16. The van der Waals surface area contributed by atoms with Crippen LogP contribution in [0, 0.1) is 20.8 Å². The molecular formula is C25H31N5O2. The van der Waals surface area contributed by atoms with Crippen LogP contribution in [0.4, 0.5) is 5.69 Å². The number of nitrogens with zero attached hydrogens (tertiary/aromatic N) is 4. The molecule has 1 saturated heterocycles. The lowest BCUT2D eigenvalue weighted by molar-refractivity contribution is -0.117. The van der Waals surface area contributed by atoms with Crippen LogP contribution < -0.4 is 5.32 Å². The molecule has 0 aliphatic carbocycles. The highest BCUT2D eigenvalue weighted by Crippen LogP contribution is 2.25. The lowest BCUT2D eigenvalue weighted by Crippen LogP contribution is -2.49.